The summed E-state index contributed by atoms with van der Waals surface area (Å²) in [5.74, 6) is 0.973. The molecule has 0 spiro atoms. The molecule has 1 aliphatic rings. The van der Waals surface area contributed by atoms with Gasteiger partial charge in [0.15, 0.2) is 0 Å². The lowest BCUT2D eigenvalue weighted by Crippen LogP contribution is -2.29. The molecular weight excluding hydrogens is 260 g/mol. The zero-order valence-electron chi connectivity index (χ0n) is 13.0. The van der Waals surface area contributed by atoms with E-state index in [0.717, 1.165) is 18.0 Å². The molecule has 0 radical (unpaired) electrons. The largest absolute Gasteiger partial charge is 0.361 e. The summed E-state index contributed by atoms with van der Waals surface area (Å²) in [6.07, 6.45) is 5.04. The van der Waals surface area contributed by atoms with Gasteiger partial charge in [0.05, 0.1) is 5.69 Å². The van der Waals surface area contributed by atoms with Crippen LogP contribution in [0.5, 0.6) is 0 Å². The van der Waals surface area contributed by atoms with Crippen molar-refractivity contribution >= 4 is 0 Å². The lowest BCUT2D eigenvalue weighted by Gasteiger charge is -2.24. The van der Waals surface area contributed by atoms with Gasteiger partial charge in [0.2, 0.25) is 0 Å². The fraction of sp³-hybridized carbons (Fsp3) is 0.500. The highest BCUT2D eigenvalue weighted by Gasteiger charge is 2.26. The quantitative estimate of drug-likeness (QED) is 0.834. The van der Waals surface area contributed by atoms with Crippen molar-refractivity contribution in [2.75, 3.05) is 6.54 Å². The van der Waals surface area contributed by atoms with E-state index in [-0.39, 0.29) is 0 Å². The molecule has 2 heterocycles. The van der Waals surface area contributed by atoms with E-state index in [9.17, 15) is 0 Å². The van der Waals surface area contributed by atoms with Crippen LogP contribution in [-0.4, -0.2) is 22.6 Å². The molecule has 1 aliphatic heterocycles. The average Bonchev–Trinajstić information content (AvgIpc) is 3.08. The maximum atomic E-state index is 5.29. The van der Waals surface area contributed by atoms with Crippen molar-refractivity contribution in [2.24, 2.45) is 0 Å². The Hall–Kier alpha value is -1.61. The highest BCUT2D eigenvalue weighted by Crippen LogP contribution is 2.25. The predicted octanol–water partition coefficient (Wildman–Crippen LogP) is 3.89. The van der Waals surface area contributed by atoms with E-state index in [0.29, 0.717) is 6.04 Å². The summed E-state index contributed by atoms with van der Waals surface area (Å²) in [7, 11) is 0. The molecule has 0 saturated carbocycles. The number of aryl methyl sites for hydroxylation is 3. The molecule has 1 unspecified atom stereocenters. The Labute approximate surface area is 126 Å². The summed E-state index contributed by atoms with van der Waals surface area (Å²) in [5.41, 5.74) is 3.77. The van der Waals surface area contributed by atoms with E-state index in [4.69, 9.17) is 4.52 Å². The number of aromatic nitrogens is 1. The molecule has 1 aromatic carbocycles. The zero-order valence-corrected chi connectivity index (χ0v) is 13.0. The van der Waals surface area contributed by atoms with Crippen LogP contribution in [0.25, 0.3) is 0 Å². The van der Waals surface area contributed by atoms with E-state index < -0.39 is 0 Å². The van der Waals surface area contributed by atoms with E-state index in [2.05, 4.69) is 40.4 Å². The predicted molar refractivity (Wildman–Crippen MR) is 84.2 cm³/mol. The molecule has 3 nitrogen and oxygen atoms in total. The lowest BCUT2D eigenvalue weighted by atomic mass is 10.0. The van der Waals surface area contributed by atoms with Crippen LogP contribution in [0.1, 0.15) is 41.8 Å². The Morgan fingerprint density at radius 1 is 1.24 bits per heavy atom. The molecule has 0 bridgehead atoms. The van der Waals surface area contributed by atoms with Crippen LogP contribution in [-0.2, 0) is 13.0 Å². The topological polar surface area (TPSA) is 29.3 Å². The Morgan fingerprint density at radius 3 is 2.76 bits per heavy atom. The van der Waals surface area contributed by atoms with Gasteiger partial charge in [-0.25, -0.2) is 0 Å². The summed E-state index contributed by atoms with van der Waals surface area (Å²) in [6.45, 7) is 6.25. The molecular formula is C18H24N2O. The summed E-state index contributed by atoms with van der Waals surface area (Å²) in [4.78, 5) is 2.61. The number of hydrogen-bond acceptors (Lipinski definition) is 3. The van der Waals surface area contributed by atoms with Gasteiger partial charge in [-0.2, -0.15) is 0 Å². The van der Waals surface area contributed by atoms with Crippen molar-refractivity contribution in [1.29, 1.82) is 0 Å². The number of benzene rings is 1. The second kappa shape index (κ2) is 6.44. The summed E-state index contributed by atoms with van der Waals surface area (Å²) in [5, 5.41) is 4.08. The molecule has 1 saturated heterocycles. The third-order valence-electron chi connectivity index (χ3n) is 4.65. The Kier molecular flexibility index (Phi) is 4.39. The van der Waals surface area contributed by atoms with Crippen LogP contribution >= 0.6 is 0 Å². The van der Waals surface area contributed by atoms with Crippen LogP contribution in [0.4, 0.5) is 0 Å². The average molecular weight is 284 g/mol. The molecule has 2 aromatic rings. The Bertz CT molecular complexity index is 557. The van der Waals surface area contributed by atoms with Gasteiger partial charge in [0, 0.05) is 18.2 Å². The molecule has 1 aromatic heterocycles. The normalized spacial score (nSPS) is 19.2. The standard InChI is InChI=1S/C18H24N2O/c1-14-18(15(2)21-19-14)13-20-12-6-9-17(20)11-10-16-7-4-3-5-8-16/h3-5,7-8,17H,6,9-13H2,1-2H3. The van der Waals surface area contributed by atoms with Crippen LogP contribution in [0, 0.1) is 13.8 Å². The number of rotatable bonds is 5. The van der Waals surface area contributed by atoms with Gasteiger partial charge in [0.1, 0.15) is 5.76 Å². The Balaban J connectivity index is 1.60. The van der Waals surface area contributed by atoms with Gasteiger partial charge in [-0.1, -0.05) is 35.5 Å². The summed E-state index contributed by atoms with van der Waals surface area (Å²) in [6, 6.07) is 11.5. The van der Waals surface area contributed by atoms with Crippen molar-refractivity contribution in [1.82, 2.24) is 10.1 Å². The van der Waals surface area contributed by atoms with Crippen molar-refractivity contribution < 1.29 is 4.52 Å². The highest BCUT2D eigenvalue weighted by molar-refractivity contribution is 5.21. The van der Waals surface area contributed by atoms with Crippen LogP contribution in [0.3, 0.4) is 0 Å². The minimum atomic E-state index is 0.693. The third kappa shape index (κ3) is 3.35. The molecule has 21 heavy (non-hydrogen) atoms. The second-order valence-electron chi connectivity index (χ2n) is 6.09. The maximum Gasteiger partial charge on any atom is 0.138 e. The summed E-state index contributed by atoms with van der Waals surface area (Å²) < 4.78 is 5.29. The highest BCUT2D eigenvalue weighted by atomic mass is 16.5. The van der Waals surface area contributed by atoms with Gasteiger partial charge < -0.3 is 4.52 Å². The van der Waals surface area contributed by atoms with Gasteiger partial charge in [-0.05, 0) is 51.6 Å². The molecule has 1 fully saturated rings. The number of likely N-dealkylation sites (tertiary alicyclic amines) is 1. The van der Waals surface area contributed by atoms with Gasteiger partial charge in [-0.3, -0.25) is 4.90 Å². The number of nitrogens with zero attached hydrogens (tertiary/aromatic N) is 2. The fourth-order valence-corrected chi connectivity index (χ4v) is 3.34. The van der Waals surface area contributed by atoms with E-state index in [1.165, 1.54) is 43.4 Å². The summed E-state index contributed by atoms with van der Waals surface area (Å²) >= 11 is 0. The van der Waals surface area contributed by atoms with Crippen molar-refractivity contribution in [3.63, 3.8) is 0 Å². The second-order valence-corrected chi connectivity index (χ2v) is 6.09. The maximum absolute atomic E-state index is 5.29. The number of hydrogen-bond donors (Lipinski definition) is 0. The van der Waals surface area contributed by atoms with Crippen LogP contribution in [0.2, 0.25) is 0 Å². The minimum Gasteiger partial charge on any atom is -0.361 e. The fourth-order valence-electron chi connectivity index (χ4n) is 3.34. The monoisotopic (exact) mass is 284 g/mol. The van der Waals surface area contributed by atoms with Crippen LogP contribution < -0.4 is 0 Å². The lowest BCUT2D eigenvalue weighted by molar-refractivity contribution is 0.233. The Morgan fingerprint density at radius 2 is 2.05 bits per heavy atom. The van der Waals surface area contributed by atoms with Gasteiger partial charge in [-0.15, -0.1) is 0 Å². The molecule has 0 amide bonds. The van der Waals surface area contributed by atoms with Crippen LogP contribution in [0.15, 0.2) is 34.9 Å². The van der Waals surface area contributed by atoms with Gasteiger partial charge in [0.25, 0.3) is 0 Å². The smallest absolute Gasteiger partial charge is 0.138 e. The third-order valence-corrected chi connectivity index (χ3v) is 4.65. The van der Waals surface area contributed by atoms with Gasteiger partial charge >= 0.3 is 0 Å². The van der Waals surface area contributed by atoms with Crippen molar-refractivity contribution in [2.45, 2.75) is 52.1 Å². The first kappa shape index (κ1) is 14.3. The zero-order chi connectivity index (χ0) is 14.7. The van der Waals surface area contributed by atoms with E-state index >= 15 is 0 Å². The molecule has 3 heteroatoms. The first-order valence-electron chi connectivity index (χ1n) is 7.94. The van der Waals surface area contributed by atoms with E-state index in [1.807, 2.05) is 13.8 Å². The SMILES string of the molecule is Cc1noc(C)c1CN1CCCC1CCc1ccccc1. The molecule has 3 rings (SSSR count). The minimum absolute atomic E-state index is 0.693. The molecule has 0 aliphatic carbocycles. The van der Waals surface area contributed by atoms with E-state index in [1.54, 1.807) is 0 Å². The van der Waals surface area contributed by atoms with Crippen molar-refractivity contribution in [3.05, 3.63) is 52.9 Å². The van der Waals surface area contributed by atoms with Crippen molar-refractivity contribution in [3.8, 4) is 0 Å². The molecule has 1 atom stereocenters. The molecule has 112 valence electrons. The first-order chi connectivity index (χ1) is 10.2. The molecule has 0 N–H and O–H groups in total. The first-order valence-corrected chi connectivity index (χ1v) is 7.94.